The van der Waals surface area contributed by atoms with Gasteiger partial charge in [-0.05, 0) is 45.1 Å². The molecule has 1 aliphatic rings. The van der Waals surface area contributed by atoms with Crippen LogP contribution in [0.15, 0.2) is 4.99 Å². The fourth-order valence-electron chi connectivity index (χ4n) is 2.67. The Balaban J connectivity index is 0.00000576. The zero-order valence-corrected chi connectivity index (χ0v) is 18.6. The maximum Gasteiger partial charge on any atom is 0.191 e. The highest BCUT2D eigenvalue weighted by Gasteiger charge is 2.15. The van der Waals surface area contributed by atoms with Crippen molar-refractivity contribution >= 4 is 29.9 Å². The van der Waals surface area contributed by atoms with Crippen molar-refractivity contribution in [2.75, 3.05) is 52.5 Å². The molecule has 150 valence electrons. The molecule has 0 atom stereocenters. The molecule has 0 unspecified atom stereocenters. The van der Waals surface area contributed by atoms with Crippen molar-refractivity contribution in [1.29, 1.82) is 0 Å². The molecule has 7 heteroatoms. The van der Waals surface area contributed by atoms with Crippen LogP contribution in [0.25, 0.3) is 0 Å². The maximum atomic E-state index is 9.52. The Morgan fingerprint density at radius 3 is 2.60 bits per heavy atom. The number of guanidine groups is 1. The Morgan fingerprint density at radius 2 is 1.96 bits per heavy atom. The summed E-state index contributed by atoms with van der Waals surface area (Å²) < 4.78 is 5.58. The van der Waals surface area contributed by atoms with Gasteiger partial charge in [-0.15, -0.1) is 24.0 Å². The van der Waals surface area contributed by atoms with E-state index >= 15 is 0 Å². The minimum absolute atomic E-state index is 0. The van der Waals surface area contributed by atoms with Crippen molar-refractivity contribution in [2.45, 2.75) is 52.6 Å². The molecule has 0 aliphatic carbocycles. The SMILES string of the molecule is CCNC(=NCCCOCC(C)C)NCCCN1CCC(O)CC1.I. The number of halogens is 1. The van der Waals surface area contributed by atoms with E-state index in [0.29, 0.717) is 5.92 Å². The standard InChI is InChI=1S/C18H38N4O2.HI/c1-4-19-18(21-10-6-14-24-15-16(2)3)20-9-5-11-22-12-7-17(23)8-13-22;/h16-17,23H,4-15H2,1-3H3,(H2,19,20,21);1H. The van der Waals surface area contributed by atoms with Crippen LogP contribution in [0.3, 0.4) is 0 Å². The van der Waals surface area contributed by atoms with Crippen LogP contribution in [0.2, 0.25) is 0 Å². The Bertz CT molecular complexity index is 335. The molecular formula is C18H39IN4O2. The number of nitrogens with one attached hydrogen (secondary N) is 2. The third kappa shape index (κ3) is 13.7. The van der Waals surface area contributed by atoms with E-state index in [1.54, 1.807) is 0 Å². The quantitative estimate of drug-likeness (QED) is 0.187. The van der Waals surface area contributed by atoms with Gasteiger partial charge in [-0.3, -0.25) is 4.99 Å². The van der Waals surface area contributed by atoms with Gasteiger partial charge in [-0.1, -0.05) is 13.8 Å². The van der Waals surface area contributed by atoms with Gasteiger partial charge in [0.15, 0.2) is 5.96 Å². The zero-order valence-electron chi connectivity index (χ0n) is 16.3. The van der Waals surface area contributed by atoms with Crippen LogP contribution >= 0.6 is 24.0 Å². The van der Waals surface area contributed by atoms with Crippen LogP contribution in [-0.2, 0) is 4.74 Å². The molecule has 0 spiro atoms. The summed E-state index contributed by atoms with van der Waals surface area (Å²) in [5, 5.41) is 16.2. The predicted molar refractivity (Wildman–Crippen MR) is 116 cm³/mol. The first kappa shape index (κ1) is 24.9. The van der Waals surface area contributed by atoms with E-state index in [-0.39, 0.29) is 30.1 Å². The molecule has 6 nitrogen and oxygen atoms in total. The number of aliphatic imine (C=N–C) groups is 1. The van der Waals surface area contributed by atoms with Crippen molar-refractivity contribution in [1.82, 2.24) is 15.5 Å². The first-order valence-electron chi connectivity index (χ1n) is 9.62. The number of rotatable bonds is 11. The molecule has 0 bridgehead atoms. The average Bonchev–Trinajstić information content (AvgIpc) is 2.56. The van der Waals surface area contributed by atoms with Gasteiger partial charge in [-0.25, -0.2) is 0 Å². The van der Waals surface area contributed by atoms with Gasteiger partial charge >= 0.3 is 0 Å². The molecule has 1 fully saturated rings. The number of piperidine rings is 1. The molecule has 0 aromatic heterocycles. The summed E-state index contributed by atoms with van der Waals surface area (Å²) in [5.74, 6) is 1.49. The van der Waals surface area contributed by atoms with E-state index < -0.39 is 0 Å². The summed E-state index contributed by atoms with van der Waals surface area (Å²) >= 11 is 0. The fourth-order valence-corrected chi connectivity index (χ4v) is 2.67. The minimum atomic E-state index is -0.0867. The molecule has 0 aromatic carbocycles. The highest BCUT2D eigenvalue weighted by Crippen LogP contribution is 2.09. The molecule has 1 heterocycles. The molecule has 1 aliphatic heterocycles. The Labute approximate surface area is 171 Å². The molecule has 1 rings (SSSR count). The molecule has 0 radical (unpaired) electrons. The third-order valence-electron chi connectivity index (χ3n) is 4.01. The lowest BCUT2D eigenvalue weighted by molar-refractivity contribution is 0.0823. The minimum Gasteiger partial charge on any atom is -0.393 e. The van der Waals surface area contributed by atoms with Gasteiger partial charge in [0.2, 0.25) is 0 Å². The highest BCUT2D eigenvalue weighted by atomic mass is 127. The van der Waals surface area contributed by atoms with E-state index in [2.05, 4.69) is 41.3 Å². The lowest BCUT2D eigenvalue weighted by Gasteiger charge is -2.29. The summed E-state index contributed by atoms with van der Waals surface area (Å²) in [4.78, 5) is 7.03. The average molecular weight is 470 g/mol. The van der Waals surface area contributed by atoms with Crippen molar-refractivity contribution in [3.05, 3.63) is 0 Å². The summed E-state index contributed by atoms with van der Waals surface area (Å²) in [6.45, 7) is 13.7. The molecule has 1 saturated heterocycles. The summed E-state index contributed by atoms with van der Waals surface area (Å²) in [6.07, 6.45) is 3.79. The Morgan fingerprint density at radius 1 is 1.24 bits per heavy atom. The molecular weight excluding hydrogens is 431 g/mol. The summed E-state index contributed by atoms with van der Waals surface area (Å²) in [5.41, 5.74) is 0. The molecule has 25 heavy (non-hydrogen) atoms. The topological polar surface area (TPSA) is 69.1 Å². The summed E-state index contributed by atoms with van der Waals surface area (Å²) in [6, 6.07) is 0. The number of aliphatic hydroxyl groups is 1. The van der Waals surface area contributed by atoms with Crippen LogP contribution in [-0.4, -0.2) is 74.6 Å². The second-order valence-corrected chi connectivity index (χ2v) is 6.94. The van der Waals surface area contributed by atoms with E-state index in [1.807, 2.05) is 0 Å². The van der Waals surface area contributed by atoms with Gasteiger partial charge in [0.05, 0.1) is 6.10 Å². The number of hydrogen-bond acceptors (Lipinski definition) is 4. The molecule has 0 aromatic rings. The number of likely N-dealkylation sites (tertiary alicyclic amines) is 1. The van der Waals surface area contributed by atoms with Crippen LogP contribution in [0, 0.1) is 5.92 Å². The fraction of sp³-hybridized carbons (Fsp3) is 0.944. The highest BCUT2D eigenvalue weighted by molar-refractivity contribution is 14.0. The lowest BCUT2D eigenvalue weighted by Crippen LogP contribution is -2.40. The lowest BCUT2D eigenvalue weighted by atomic mass is 10.1. The second kappa shape index (κ2) is 16.1. The number of nitrogens with zero attached hydrogens (tertiary/aromatic N) is 2. The van der Waals surface area contributed by atoms with Crippen molar-refractivity contribution in [2.24, 2.45) is 10.9 Å². The van der Waals surface area contributed by atoms with Crippen LogP contribution in [0.4, 0.5) is 0 Å². The third-order valence-corrected chi connectivity index (χ3v) is 4.01. The van der Waals surface area contributed by atoms with Gasteiger partial charge in [-0.2, -0.15) is 0 Å². The normalized spacial score (nSPS) is 16.8. The predicted octanol–water partition coefficient (Wildman–Crippen LogP) is 2.07. The largest absolute Gasteiger partial charge is 0.393 e. The van der Waals surface area contributed by atoms with E-state index in [1.165, 1.54) is 0 Å². The first-order valence-corrected chi connectivity index (χ1v) is 9.62. The van der Waals surface area contributed by atoms with Crippen molar-refractivity contribution < 1.29 is 9.84 Å². The van der Waals surface area contributed by atoms with Crippen molar-refractivity contribution in [3.63, 3.8) is 0 Å². The number of hydrogen-bond donors (Lipinski definition) is 3. The van der Waals surface area contributed by atoms with Gasteiger partial charge < -0.3 is 25.4 Å². The maximum absolute atomic E-state index is 9.52. The summed E-state index contributed by atoms with van der Waals surface area (Å²) in [7, 11) is 0. The van der Waals surface area contributed by atoms with Crippen LogP contribution < -0.4 is 10.6 Å². The van der Waals surface area contributed by atoms with E-state index in [9.17, 15) is 5.11 Å². The molecule has 0 saturated carbocycles. The monoisotopic (exact) mass is 470 g/mol. The Kier molecular flexibility index (Phi) is 16.0. The van der Waals surface area contributed by atoms with Gasteiger partial charge in [0.1, 0.15) is 0 Å². The Hall–Kier alpha value is -0.120. The second-order valence-electron chi connectivity index (χ2n) is 6.94. The van der Waals surface area contributed by atoms with Crippen molar-refractivity contribution in [3.8, 4) is 0 Å². The van der Waals surface area contributed by atoms with E-state index in [0.717, 1.165) is 84.1 Å². The van der Waals surface area contributed by atoms with Crippen LogP contribution in [0.1, 0.15) is 46.5 Å². The van der Waals surface area contributed by atoms with E-state index in [4.69, 9.17) is 4.74 Å². The van der Waals surface area contributed by atoms with Gasteiger partial charge in [0.25, 0.3) is 0 Å². The molecule has 0 amide bonds. The smallest absolute Gasteiger partial charge is 0.191 e. The number of aliphatic hydroxyl groups excluding tert-OH is 1. The van der Waals surface area contributed by atoms with Crippen LogP contribution in [0.5, 0.6) is 0 Å². The zero-order chi connectivity index (χ0) is 17.6. The first-order chi connectivity index (χ1) is 11.6. The number of ether oxygens (including phenoxy) is 1. The molecule has 3 N–H and O–H groups in total. The van der Waals surface area contributed by atoms with Gasteiger partial charge in [0, 0.05) is 45.9 Å².